The van der Waals surface area contributed by atoms with Crippen molar-refractivity contribution in [1.82, 2.24) is 14.5 Å². The Morgan fingerprint density at radius 3 is 2.96 bits per heavy atom. The lowest BCUT2D eigenvalue weighted by Gasteiger charge is -2.39. The molecule has 2 fully saturated rings. The van der Waals surface area contributed by atoms with Crippen LogP contribution in [0.3, 0.4) is 0 Å². The smallest absolute Gasteiger partial charge is 0.123 e. The topological polar surface area (TPSA) is 30.3 Å². The summed E-state index contributed by atoms with van der Waals surface area (Å²) in [6, 6.07) is 7.22. The van der Waals surface area contributed by atoms with Crippen LogP contribution in [0.4, 0.5) is 4.39 Å². The highest BCUT2D eigenvalue weighted by atomic mass is 19.1. The molecule has 3 heterocycles. The van der Waals surface area contributed by atoms with Gasteiger partial charge in [-0.3, -0.25) is 4.90 Å². The highest BCUT2D eigenvalue weighted by Gasteiger charge is 2.43. The Morgan fingerprint density at radius 1 is 1.30 bits per heavy atom. The van der Waals surface area contributed by atoms with Gasteiger partial charge in [-0.1, -0.05) is 12.1 Å². The van der Waals surface area contributed by atoms with E-state index in [0.717, 1.165) is 51.1 Å². The number of piperidine rings is 1. The average Bonchev–Trinajstić information content (AvgIpc) is 3.20. The van der Waals surface area contributed by atoms with E-state index in [0.29, 0.717) is 6.04 Å². The molecule has 2 saturated heterocycles. The van der Waals surface area contributed by atoms with Crippen molar-refractivity contribution in [3.8, 4) is 0 Å². The second kappa shape index (κ2) is 6.06. The van der Waals surface area contributed by atoms with Gasteiger partial charge in [-0.15, -0.1) is 0 Å². The Bertz CT molecular complexity index is 643. The standard InChI is InChI=1S/C18H22FN3O/c19-16-4-2-15(3-5-16)11-21-8-1-6-18(13-21)10-17(12-23-18)22-9-7-20-14-22/h2-5,7,9,14,17H,1,6,8,10-13H2/t17-,18+/m1/s1. The highest BCUT2D eigenvalue weighted by molar-refractivity contribution is 5.16. The van der Waals surface area contributed by atoms with Crippen LogP contribution in [0.5, 0.6) is 0 Å². The van der Waals surface area contributed by atoms with Crippen molar-refractivity contribution in [2.75, 3.05) is 19.7 Å². The summed E-state index contributed by atoms with van der Waals surface area (Å²) in [6.45, 7) is 3.66. The monoisotopic (exact) mass is 315 g/mol. The number of imidazole rings is 1. The van der Waals surface area contributed by atoms with Crippen LogP contribution in [-0.4, -0.2) is 39.7 Å². The van der Waals surface area contributed by atoms with E-state index in [-0.39, 0.29) is 11.4 Å². The van der Waals surface area contributed by atoms with Crippen molar-refractivity contribution in [1.29, 1.82) is 0 Å². The lowest BCUT2D eigenvalue weighted by atomic mass is 9.88. The van der Waals surface area contributed by atoms with Gasteiger partial charge in [-0.25, -0.2) is 9.37 Å². The Labute approximate surface area is 135 Å². The molecule has 2 aliphatic rings. The number of rotatable bonds is 3. The van der Waals surface area contributed by atoms with Gasteiger partial charge < -0.3 is 9.30 Å². The number of nitrogens with zero attached hydrogens (tertiary/aromatic N) is 3. The first-order valence-electron chi connectivity index (χ1n) is 8.31. The van der Waals surface area contributed by atoms with Crippen LogP contribution < -0.4 is 0 Å². The van der Waals surface area contributed by atoms with E-state index in [1.165, 1.54) is 12.1 Å². The fourth-order valence-corrected chi connectivity index (χ4v) is 3.95. The first-order chi connectivity index (χ1) is 11.2. The summed E-state index contributed by atoms with van der Waals surface area (Å²) in [7, 11) is 0. The van der Waals surface area contributed by atoms with E-state index in [4.69, 9.17) is 4.74 Å². The average molecular weight is 315 g/mol. The lowest BCUT2D eigenvalue weighted by Crippen LogP contribution is -2.47. The Morgan fingerprint density at radius 2 is 2.17 bits per heavy atom. The fourth-order valence-electron chi connectivity index (χ4n) is 3.95. The molecule has 23 heavy (non-hydrogen) atoms. The summed E-state index contributed by atoms with van der Waals surface area (Å²) >= 11 is 0. The van der Waals surface area contributed by atoms with Crippen molar-refractivity contribution >= 4 is 0 Å². The van der Waals surface area contributed by atoms with E-state index in [1.807, 2.05) is 30.9 Å². The molecule has 0 unspecified atom stereocenters. The molecule has 2 aliphatic heterocycles. The van der Waals surface area contributed by atoms with Gasteiger partial charge in [-0.05, 0) is 37.1 Å². The Balaban J connectivity index is 1.42. The first-order valence-corrected chi connectivity index (χ1v) is 8.31. The summed E-state index contributed by atoms with van der Waals surface area (Å²) in [5.41, 5.74) is 1.13. The number of hydrogen-bond acceptors (Lipinski definition) is 3. The third-order valence-corrected chi connectivity index (χ3v) is 5.07. The lowest BCUT2D eigenvalue weighted by molar-refractivity contribution is -0.0534. The molecule has 0 radical (unpaired) electrons. The molecule has 2 aromatic rings. The number of halogens is 1. The minimum atomic E-state index is -0.175. The second-order valence-corrected chi connectivity index (χ2v) is 6.80. The van der Waals surface area contributed by atoms with Crippen LogP contribution in [0.25, 0.3) is 0 Å². The highest BCUT2D eigenvalue weighted by Crippen LogP contribution is 2.39. The second-order valence-electron chi connectivity index (χ2n) is 6.80. The van der Waals surface area contributed by atoms with E-state index < -0.39 is 0 Å². The maximum atomic E-state index is 13.0. The summed E-state index contributed by atoms with van der Waals surface area (Å²) in [5.74, 6) is -0.175. The van der Waals surface area contributed by atoms with E-state index >= 15 is 0 Å². The number of hydrogen-bond donors (Lipinski definition) is 0. The summed E-state index contributed by atoms with van der Waals surface area (Å²) in [5, 5.41) is 0. The molecule has 4 rings (SSSR count). The molecule has 2 atom stereocenters. The molecule has 4 nitrogen and oxygen atoms in total. The Hall–Kier alpha value is -1.72. The van der Waals surface area contributed by atoms with Gasteiger partial charge >= 0.3 is 0 Å². The molecule has 1 aromatic heterocycles. The van der Waals surface area contributed by atoms with Gasteiger partial charge in [0.25, 0.3) is 0 Å². The van der Waals surface area contributed by atoms with Crippen molar-refractivity contribution in [3.05, 3.63) is 54.4 Å². The number of ether oxygens (including phenoxy) is 1. The summed E-state index contributed by atoms with van der Waals surface area (Å²) < 4.78 is 21.5. The molecule has 0 amide bonds. The SMILES string of the molecule is Fc1ccc(CN2CCC[C@]3(C[C@@H](n4ccnc4)CO3)C2)cc1. The number of benzene rings is 1. The van der Waals surface area contributed by atoms with Crippen molar-refractivity contribution in [2.24, 2.45) is 0 Å². The first kappa shape index (κ1) is 14.8. The largest absolute Gasteiger partial charge is 0.371 e. The third kappa shape index (κ3) is 3.16. The van der Waals surface area contributed by atoms with E-state index in [1.54, 1.807) is 0 Å². The van der Waals surface area contributed by atoms with Crippen LogP contribution in [-0.2, 0) is 11.3 Å². The maximum Gasteiger partial charge on any atom is 0.123 e. The molecule has 0 aliphatic carbocycles. The summed E-state index contributed by atoms with van der Waals surface area (Å²) in [4.78, 5) is 6.58. The molecule has 1 aromatic carbocycles. The van der Waals surface area contributed by atoms with Crippen LogP contribution >= 0.6 is 0 Å². The van der Waals surface area contributed by atoms with E-state index in [9.17, 15) is 4.39 Å². The maximum absolute atomic E-state index is 13.0. The van der Waals surface area contributed by atoms with Gasteiger partial charge in [-0.2, -0.15) is 0 Å². The minimum Gasteiger partial charge on any atom is -0.371 e. The van der Waals surface area contributed by atoms with Crippen LogP contribution in [0.2, 0.25) is 0 Å². The molecular weight excluding hydrogens is 293 g/mol. The van der Waals surface area contributed by atoms with Gasteiger partial charge in [0.15, 0.2) is 0 Å². The van der Waals surface area contributed by atoms with Crippen LogP contribution in [0.1, 0.15) is 30.9 Å². The normalized spacial score (nSPS) is 28.5. The fraction of sp³-hybridized carbons (Fsp3) is 0.500. The summed E-state index contributed by atoms with van der Waals surface area (Å²) in [6.07, 6.45) is 9.05. The zero-order chi connectivity index (χ0) is 15.7. The molecule has 5 heteroatoms. The molecule has 0 saturated carbocycles. The minimum absolute atomic E-state index is 0.0345. The predicted molar refractivity (Wildman–Crippen MR) is 85.5 cm³/mol. The molecule has 0 N–H and O–H groups in total. The molecule has 0 bridgehead atoms. The van der Waals surface area contributed by atoms with Crippen LogP contribution in [0, 0.1) is 5.82 Å². The molecule has 122 valence electrons. The van der Waals surface area contributed by atoms with Gasteiger partial charge in [0, 0.05) is 31.9 Å². The van der Waals surface area contributed by atoms with Crippen molar-refractivity contribution < 1.29 is 9.13 Å². The van der Waals surface area contributed by atoms with Gasteiger partial charge in [0.1, 0.15) is 5.82 Å². The van der Waals surface area contributed by atoms with Crippen molar-refractivity contribution in [2.45, 2.75) is 37.5 Å². The van der Waals surface area contributed by atoms with Crippen LogP contribution in [0.15, 0.2) is 43.0 Å². The zero-order valence-electron chi connectivity index (χ0n) is 13.2. The zero-order valence-corrected chi connectivity index (χ0v) is 13.2. The predicted octanol–water partition coefficient (Wildman–Crippen LogP) is 3.02. The Kier molecular flexibility index (Phi) is 3.91. The molecule has 1 spiro atoms. The van der Waals surface area contributed by atoms with Gasteiger partial charge in [0.2, 0.25) is 0 Å². The van der Waals surface area contributed by atoms with Crippen molar-refractivity contribution in [3.63, 3.8) is 0 Å². The number of likely N-dealkylation sites (tertiary alicyclic amines) is 1. The quantitative estimate of drug-likeness (QED) is 0.872. The van der Waals surface area contributed by atoms with E-state index in [2.05, 4.69) is 14.5 Å². The molecular formula is C18H22FN3O. The number of aromatic nitrogens is 2. The van der Waals surface area contributed by atoms with Gasteiger partial charge in [0.05, 0.1) is 24.6 Å². The third-order valence-electron chi connectivity index (χ3n) is 5.07.